The van der Waals surface area contributed by atoms with Crippen LogP contribution in [-0.4, -0.2) is 38.5 Å². The van der Waals surface area contributed by atoms with Gasteiger partial charge < -0.3 is 4.74 Å². The Labute approximate surface area is 71.1 Å². The normalized spacial score (nSPS) is 12.5. The van der Waals surface area contributed by atoms with Crippen molar-refractivity contribution in [3.63, 3.8) is 0 Å². The fourth-order valence-electron chi connectivity index (χ4n) is 0.812. The Kier molecular flexibility index (Phi) is 5.12. The molecule has 0 fully saturated rings. The molecule has 0 radical (unpaired) electrons. The molecule has 1 nitrogen and oxygen atoms in total. The Morgan fingerprint density at radius 3 is 2.27 bits per heavy atom. The van der Waals surface area contributed by atoms with Crippen molar-refractivity contribution in [1.82, 2.24) is 0 Å². The van der Waals surface area contributed by atoms with Crippen LogP contribution in [0.3, 0.4) is 0 Å². The molecule has 68 valence electrons. The minimum absolute atomic E-state index is 0.376. The van der Waals surface area contributed by atoms with Gasteiger partial charge in [-0.3, -0.25) is 0 Å². The summed E-state index contributed by atoms with van der Waals surface area (Å²) in [5.41, 5.74) is 0. The summed E-state index contributed by atoms with van der Waals surface area (Å²) in [6, 6.07) is 0. The lowest BCUT2D eigenvalue weighted by molar-refractivity contribution is 0.0798. The van der Waals surface area contributed by atoms with E-state index in [-0.39, 0.29) is 0 Å². The Morgan fingerprint density at radius 1 is 1.36 bits per heavy atom. The predicted octanol–water partition coefficient (Wildman–Crippen LogP) is 2.51. The Bertz CT molecular complexity index is 134. The van der Waals surface area contributed by atoms with Crippen LogP contribution in [0, 0.1) is 0 Å². The lowest BCUT2D eigenvalue weighted by atomic mass is 10.4. The number of hydrogen-bond acceptors (Lipinski definition) is 1. The maximum absolute atomic E-state index is 5.43. The van der Waals surface area contributed by atoms with Crippen LogP contribution in [-0.2, 0) is 4.74 Å². The van der Waals surface area contributed by atoms with Gasteiger partial charge in [0.1, 0.15) is 0 Å². The number of rotatable bonds is 5. The summed E-state index contributed by atoms with van der Waals surface area (Å²) in [6.07, 6.45) is 6.94. The van der Waals surface area contributed by atoms with E-state index in [9.17, 15) is 0 Å². The molecule has 0 aliphatic carbocycles. The zero-order chi connectivity index (χ0) is 8.91. The summed E-state index contributed by atoms with van der Waals surface area (Å²) in [5, 5.41) is 0. The molecule has 0 aliphatic rings. The maximum Gasteiger partial charge on any atom is 0.0518 e. The van der Waals surface area contributed by atoms with Crippen LogP contribution < -0.4 is 0 Å². The van der Waals surface area contributed by atoms with Gasteiger partial charge in [-0.2, -0.15) is 0 Å². The first kappa shape index (κ1) is 11.3. The average molecular weight is 176 g/mol. The van der Waals surface area contributed by atoms with E-state index in [1.54, 1.807) is 0 Å². The largest absolute Gasteiger partial charge is 0.379 e. The molecule has 11 heavy (non-hydrogen) atoms. The van der Waals surface area contributed by atoms with Gasteiger partial charge in [-0.25, -0.2) is 0 Å². The van der Waals surface area contributed by atoms with E-state index in [2.05, 4.69) is 33.5 Å². The quantitative estimate of drug-likeness (QED) is 0.462. The molecule has 0 aromatic carbocycles. The highest BCUT2D eigenvalue weighted by Gasteiger charge is 1.99. The minimum atomic E-state index is -0.806. The van der Waals surface area contributed by atoms with Crippen molar-refractivity contribution in [3.05, 3.63) is 0 Å². The summed E-state index contributed by atoms with van der Waals surface area (Å²) < 4.78 is 5.43. The van der Waals surface area contributed by atoms with Crippen molar-refractivity contribution in [2.24, 2.45) is 0 Å². The summed E-state index contributed by atoms with van der Waals surface area (Å²) in [7, 11) is 0. The molecule has 0 amide bonds. The second kappa shape index (κ2) is 5.00. The second-order valence-electron chi connectivity index (χ2n) is 3.93. The van der Waals surface area contributed by atoms with E-state index in [0.29, 0.717) is 6.10 Å². The SMILES string of the molecule is C=P(C)(C)CCCOC(C)C. The molecule has 0 aliphatic heterocycles. The summed E-state index contributed by atoms with van der Waals surface area (Å²) in [4.78, 5) is 0. The average Bonchev–Trinajstić information content (AvgIpc) is 1.78. The lowest BCUT2D eigenvalue weighted by Crippen LogP contribution is -2.05. The molecule has 0 aromatic heterocycles. The van der Waals surface area contributed by atoms with Crippen LogP contribution in [0.1, 0.15) is 20.3 Å². The zero-order valence-corrected chi connectivity index (χ0v) is 9.16. The fourth-order valence-corrected chi connectivity index (χ4v) is 1.80. The molecule has 0 saturated carbocycles. The molecule has 0 N–H and O–H groups in total. The van der Waals surface area contributed by atoms with Gasteiger partial charge in [0.2, 0.25) is 0 Å². The Morgan fingerprint density at radius 2 is 1.91 bits per heavy atom. The predicted molar refractivity (Wildman–Crippen MR) is 56.5 cm³/mol. The van der Waals surface area contributed by atoms with Crippen molar-refractivity contribution in [3.8, 4) is 0 Å². The van der Waals surface area contributed by atoms with Gasteiger partial charge in [-0.1, -0.05) is 0 Å². The highest BCUT2D eigenvalue weighted by molar-refractivity contribution is 7.72. The molecular formula is C9H21OP. The summed E-state index contributed by atoms with van der Waals surface area (Å²) in [5.74, 6) is 0. The molecule has 0 aromatic rings. The first-order chi connectivity index (χ1) is 4.92. The molecule has 0 saturated heterocycles. The van der Waals surface area contributed by atoms with Crippen molar-refractivity contribution >= 4 is 13.2 Å². The number of hydrogen-bond donors (Lipinski definition) is 0. The van der Waals surface area contributed by atoms with Crippen molar-refractivity contribution in [2.45, 2.75) is 26.4 Å². The monoisotopic (exact) mass is 176 g/mol. The van der Waals surface area contributed by atoms with Crippen LogP contribution in [0.5, 0.6) is 0 Å². The third-order valence-electron chi connectivity index (χ3n) is 1.36. The van der Waals surface area contributed by atoms with Gasteiger partial charge in [0, 0.05) is 6.61 Å². The first-order valence-electron chi connectivity index (χ1n) is 4.21. The molecular weight excluding hydrogens is 155 g/mol. The highest BCUT2D eigenvalue weighted by atomic mass is 31.2. The van der Waals surface area contributed by atoms with Crippen LogP contribution in [0.4, 0.5) is 0 Å². The van der Waals surface area contributed by atoms with Crippen molar-refractivity contribution < 1.29 is 4.74 Å². The summed E-state index contributed by atoms with van der Waals surface area (Å²) in [6.45, 7) is 8.77. The van der Waals surface area contributed by atoms with E-state index in [0.717, 1.165) is 6.61 Å². The van der Waals surface area contributed by atoms with Crippen LogP contribution in [0.25, 0.3) is 0 Å². The Balaban J connectivity index is 3.22. The molecule has 0 bridgehead atoms. The zero-order valence-electron chi connectivity index (χ0n) is 8.26. The first-order valence-corrected chi connectivity index (χ1v) is 7.26. The van der Waals surface area contributed by atoms with Gasteiger partial charge in [-0.15, -0.1) is 13.2 Å². The number of ether oxygens (including phenoxy) is 1. The Hall–Kier alpha value is 0.260. The van der Waals surface area contributed by atoms with Gasteiger partial charge in [-0.05, 0) is 39.8 Å². The van der Waals surface area contributed by atoms with Crippen LogP contribution in [0.15, 0.2) is 0 Å². The van der Waals surface area contributed by atoms with Crippen molar-refractivity contribution in [2.75, 3.05) is 26.1 Å². The van der Waals surface area contributed by atoms with Gasteiger partial charge in [0.05, 0.1) is 6.10 Å². The van der Waals surface area contributed by atoms with E-state index >= 15 is 0 Å². The third-order valence-corrected chi connectivity index (χ3v) is 2.89. The van der Waals surface area contributed by atoms with E-state index in [4.69, 9.17) is 4.74 Å². The smallest absolute Gasteiger partial charge is 0.0518 e. The van der Waals surface area contributed by atoms with Gasteiger partial charge in [0.25, 0.3) is 0 Å². The molecule has 0 unspecified atom stereocenters. The van der Waals surface area contributed by atoms with Crippen molar-refractivity contribution in [1.29, 1.82) is 0 Å². The van der Waals surface area contributed by atoms with Gasteiger partial charge in [0.15, 0.2) is 0 Å². The van der Waals surface area contributed by atoms with Crippen LogP contribution in [0.2, 0.25) is 0 Å². The minimum Gasteiger partial charge on any atom is -0.379 e. The standard InChI is InChI=1S/C9H21OP/c1-9(2)10-7-6-8-11(3,4)5/h9H,3,6-8H2,1-2,4-5H3. The van der Waals surface area contributed by atoms with Crippen LogP contribution >= 0.6 is 6.89 Å². The van der Waals surface area contributed by atoms with E-state index in [1.165, 1.54) is 12.6 Å². The fraction of sp³-hybridized carbons (Fsp3) is 0.889. The third kappa shape index (κ3) is 10.3. The molecule has 0 rings (SSSR count). The van der Waals surface area contributed by atoms with Gasteiger partial charge >= 0.3 is 0 Å². The molecule has 0 atom stereocenters. The molecule has 2 heteroatoms. The van der Waals surface area contributed by atoms with E-state index < -0.39 is 6.89 Å². The van der Waals surface area contributed by atoms with E-state index in [1.807, 2.05) is 0 Å². The highest BCUT2D eigenvalue weighted by Crippen LogP contribution is 2.35. The molecule has 0 heterocycles. The second-order valence-corrected chi connectivity index (χ2v) is 8.25. The molecule has 0 spiro atoms. The lowest BCUT2D eigenvalue weighted by Gasteiger charge is -2.12. The topological polar surface area (TPSA) is 9.23 Å². The summed E-state index contributed by atoms with van der Waals surface area (Å²) >= 11 is 0. The maximum atomic E-state index is 5.43.